The number of benzene rings is 1. The molecule has 0 saturated carbocycles. The number of para-hydroxylation sites is 2. The molecule has 5 nitrogen and oxygen atoms in total. The molecule has 19 heavy (non-hydrogen) atoms. The van der Waals surface area contributed by atoms with Crippen molar-refractivity contribution in [3.63, 3.8) is 0 Å². The molecule has 0 radical (unpaired) electrons. The van der Waals surface area contributed by atoms with E-state index in [1.54, 1.807) is 0 Å². The fraction of sp³-hybridized carbons (Fsp3) is 0.462. The summed E-state index contributed by atoms with van der Waals surface area (Å²) in [6.45, 7) is 1.81. The molecule has 0 bridgehead atoms. The van der Waals surface area contributed by atoms with Crippen LogP contribution in [-0.4, -0.2) is 37.2 Å². The van der Waals surface area contributed by atoms with Crippen molar-refractivity contribution in [3.8, 4) is 0 Å². The molecule has 0 spiro atoms. The summed E-state index contributed by atoms with van der Waals surface area (Å²) in [4.78, 5) is 7.10. The summed E-state index contributed by atoms with van der Waals surface area (Å²) >= 11 is 0. The van der Waals surface area contributed by atoms with Crippen molar-refractivity contribution in [2.75, 3.05) is 18.8 Å². The normalized spacial score (nSPS) is 17.9. The first-order valence-corrected chi connectivity index (χ1v) is 8.18. The van der Waals surface area contributed by atoms with Gasteiger partial charge in [-0.1, -0.05) is 12.1 Å². The van der Waals surface area contributed by atoms with Crippen LogP contribution < -0.4 is 5.32 Å². The Bertz CT molecular complexity index is 639. The van der Waals surface area contributed by atoms with Crippen LogP contribution in [0.4, 0.5) is 0 Å². The zero-order valence-electron chi connectivity index (χ0n) is 10.6. The number of aromatic amines is 1. The van der Waals surface area contributed by atoms with Gasteiger partial charge in [0.25, 0.3) is 0 Å². The molecule has 1 aromatic heterocycles. The fourth-order valence-electron chi connectivity index (χ4n) is 2.51. The van der Waals surface area contributed by atoms with E-state index in [4.69, 9.17) is 0 Å². The summed E-state index contributed by atoms with van der Waals surface area (Å²) in [5.74, 6) is 0.425. The number of fused-ring (bicyclic) bond motifs is 1. The van der Waals surface area contributed by atoms with Gasteiger partial charge in [-0.25, -0.2) is 13.4 Å². The molecule has 0 unspecified atom stereocenters. The maximum atomic E-state index is 12.4. The van der Waals surface area contributed by atoms with Crippen LogP contribution in [-0.2, 0) is 9.84 Å². The molecule has 2 aromatic rings. The van der Waals surface area contributed by atoms with Crippen LogP contribution >= 0.6 is 0 Å². The molecule has 2 heterocycles. The zero-order chi connectivity index (χ0) is 13.3. The number of H-pyrrole nitrogens is 1. The van der Waals surface area contributed by atoms with Crippen LogP contribution in [0.2, 0.25) is 0 Å². The lowest BCUT2D eigenvalue weighted by Gasteiger charge is -2.21. The summed E-state index contributed by atoms with van der Waals surface area (Å²) in [6, 6.07) is 7.37. The molecule has 1 saturated heterocycles. The van der Waals surface area contributed by atoms with Gasteiger partial charge < -0.3 is 10.3 Å². The number of imidazole rings is 1. The quantitative estimate of drug-likeness (QED) is 0.889. The minimum atomic E-state index is -3.32. The second-order valence-electron chi connectivity index (χ2n) is 5.03. The Balaban J connectivity index is 1.86. The largest absolute Gasteiger partial charge is 0.329 e. The summed E-state index contributed by atoms with van der Waals surface area (Å²) in [5.41, 5.74) is 1.47. The molecule has 0 aliphatic carbocycles. The summed E-state index contributed by atoms with van der Waals surface area (Å²) in [7, 11) is -3.32. The highest BCUT2D eigenvalue weighted by atomic mass is 32.2. The molecule has 0 atom stereocenters. The Morgan fingerprint density at radius 2 is 1.95 bits per heavy atom. The molecular weight excluding hydrogens is 262 g/mol. The van der Waals surface area contributed by atoms with E-state index in [1.807, 2.05) is 24.3 Å². The fourth-order valence-corrected chi connectivity index (χ4v) is 4.13. The Hall–Kier alpha value is -1.40. The molecule has 1 aliphatic heterocycles. The molecule has 1 aliphatic rings. The molecule has 1 aromatic carbocycles. The van der Waals surface area contributed by atoms with Gasteiger partial charge in [-0.05, 0) is 44.0 Å². The Labute approximate surface area is 112 Å². The number of sulfone groups is 1. The second-order valence-corrected chi connectivity index (χ2v) is 6.98. The highest BCUT2D eigenvalue weighted by molar-refractivity contribution is 7.91. The maximum Gasteiger partial charge on any atom is 0.226 e. The van der Waals surface area contributed by atoms with Gasteiger partial charge in [0.2, 0.25) is 15.0 Å². The third-order valence-electron chi connectivity index (χ3n) is 3.58. The first-order chi connectivity index (χ1) is 9.15. The van der Waals surface area contributed by atoms with Crippen molar-refractivity contribution in [1.29, 1.82) is 0 Å². The van der Waals surface area contributed by atoms with E-state index in [9.17, 15) is 8.42 Å². The first-order valence-electron chi connectivity index (χ1n) is 6.53. The van der Waals surface area contributed by atoms with Crippen LogP contribution in [0.5, 0.6) is 0 Å². The summed E-state index contributed by atoms with van der Waals surface area (Å²) in [5, 5.41) is 3.35. The van der Waals surface area contributed by atoms with Crippen molar-refractivity contribution in [2.24, 2.45) is 5.92 Å². The van der Waals surface area contributed by atoms with Gasteiger partial charge in [-0.3, -0.25) is 0 Å². The molecule has 1 fully saturated rings. The number of hydrogen-bond donors (Lipinski definition) is 2. The van der Waals surface area contributed by atoms with Crippen LogP contribution in [0.15, 0.2) is 29.4 Å². The average molecular weight is 279 g/mol. The lowest BCUT2D eigenvalue weighted by atomic mass is 10.0. The van der Waals surface area contributed by atoms with Crippen molar-refractivity contribution < 1.29 is 8.42 Å². The molecular formula is C13H17N3O2S. The third-order valence-corrected chi connectivity index (χ3v) is 5.27. The van der Waals surface area contributed by atoms with Gasteiger partial charge in [-0.2, -0.15) is 0 Å². The topological polar surface area (TPSA) is 74.8 Å². The summed E-state index contributed by atoms with van der Waals surface area (Å²) < 4.78 is 24.7. The van der Waals surface area contributed by atoms with Gasteiger partial charge in [0.15, 0.2) is 0 Å². The standard InChI is InChI=1S/C13H17N3O2S/c17-19(18,9-10-5-7-14-8-6-10)13-15-11-3-1-2-4-12(11)16-13/h1-4,10,14H,5-9H2,(H,15,16). The van der Waals surface area contributed by atoms with E-state index in [0.717, 1.165) is 31.4 Å². The molecule has 102 valence electrons. The number of hydrogen-bond acceptors (Lipinski definition) is 4. The van der Waals surface area contributed by atoms with Gasteiger partial charge in [-0.15, -0.1) is 0 Å². The van der Waals surface area contributed by atoms with Gasteiger partial charge in [0.05, 0.1) is 16.8 Å². The van der Waals surface area contributed by atoms with Crippen molar-refractivity contribution in [1.82, 2.24) is 15.3 Å². The maximum absolute atomic E-state index is 12.4. The molecule has 2 N–H and O–H groups in total. The predicted octanol–water partition coefficient (Wildman–Crippen LogP) is 1.34. The van der Waals surface area contributed by atoms with Crippen LogP contribution in [0.25, 0.3) is 11.0 Å². The van der Waals surface area contributed by atoms with Gasteiger partial charge in [0.1, 0.15) is 0 Å². The number of rotatable bonds is 3. The molecule has 3 rings (SSSR count). The number of aromatic nitrogens is 2. The lowest BCUT2D eigenvalue weighted by Crippen LogP contribution is -2.31. The number of nitrogens with zero attached hydrogens (tertiary/aromatic N) is 1. The molecule has 0 amide bonds. The van der Waals surface area contributed by atoms with E-state index in [1.165, 1.54) is 0 Å². The van der Waals surface area contributed by atoms with Crippen LogP contribution in [0, 0.1) is 5.92 Å². The predicted molar refractivity (Wildman–Crippen MR) is 73.7 cm³/mol. The minimum absolute atomic E-state index is 0.104. The minimum Gasteiger partial charge on any atom is -0.329 e. The van der Waals surface area contributed by atoms with Crippen LogP contribution in [0.1, 0.15) is 12.8 Å². The van der Waals surface area contributed by atoms with Crippen LogP contribution in [0.3, 0.4) is 0 Å². The highest BCUT2D eigenvalue weighted by Crippen LogP contribution is 2.20. The Kier molecular flexibility index (Phi) is 3.28. The van der Waals surface area contributed by atoms with Crippen molar-refractivity contribution in [2.45, 2.75) is 18.0 Å². The smallest absolute Gasteiger partial charge is 0.226 e. The average Bonchev–Trinajstić information content (AvgIpc) is 2.84. The van der Waals surface area contributed by atoms with Crippen molar-refractivity contribution >= 4 is 20.9 Å². The number of piperidine rings is 1. The van der Waals surface area contributed by atoms with Gasteiger partial charge >= 0.3 is 0 Å². The monoisotopic (exact) mass is 279 g/mol. The van der Waals surface area contributed by atoms with Crippen molar-refractivity contribution in [3.05, 3.63) is 24.3 Å². The highest BCUT2D eigenvalue weighted by Gasteiger charge is 2.25. The summed E-state index contributed by atoms with van der Waals surface area (Å²) in [6.07, 6.45) is 1.83. The third kappa shape index (κ3) is 2.64. The van der Waals surface area contributed by atoms with E-state index >= 15 is 0 Å². The SMILES string of the molecule is O=S(=O)(CC1CCNCC1)c1nc2ccccc2[nH]1. The Morgan fingerprint density at radius 1 is 1.21 bits per heavy atom. The first kappa shape index (κ1) is 12.6. The van der Waals surface area contributed by atoms with E-state index in [-0.39, 0.29) is 16.8 Å². The lowest BCUT2D eigenvalue weighted by molar-refractivity contribution is 0.401. The second kappa shape index (κ2) is 4.94. The number of nitrogens with one attached hydrogen (secondary N) is 2. The zero-order valence-corrected chi connectivity index (χ0v) is 11.4. The van der Waals surface area contributed by atoms with E-state index in [0.29, 0.717) is 5.52 Å². The van der Waals surface area contributed by atoms with E-state index < -0.39 is 9.84 Å². The molecule has 6 heteroatoms. The Morgan fingerprint density at radius 3 is 2.68 bits per heavy atom. The van der Waals surface area contributed by atoms with Gasteiger partial charge in [0, 0.05) is 0 Å². The van der Waals surface area contributed by atoms with E-state index in [2.05, 4.69) is 15.3 Å².